The SMILES string of the molecule is COc1ccc(CNC(=O)NCCc2ccc(OC)c(OC)c2)cc1. The molecule has 2 aromatic rings. The summed E-state index contributed by atoms with van der Waals surface area (Å²) in [5.74, 6) is 2.17. The molecule has 0 saturated heterocycles. The standard InChI is InChI=1S/C19H24N2O4/c1-23-16-7-4-15(5-8-16)13-21-19(22)20-11-10-14-6-9-17(24-2)18(12-14)25-3/h4-9,12H,10-11,13H2,1-3H3,(H2,20,21,22). The van der Waals surface area contributed by atoms with Crippen molar-refractivity contribution in [3.8, 4) is 17.2 Å². The van der Waals surface area contributed by atoms with Crippen molar-refractivity contribution < 1.29 is 19.0 Å². The predicted molar refractivity (Wildman–Crippen MR) is 96.5 cm³/mol. The van der Waals surface area contributed by atoms with Crippen molar-refractivity contribution in [3.63, 3.8) is 0 Å². The van der Waals surface area contributed by atoms with Crippen LogP contribution < -0.4 is 24.8 Å². The van der Waals surface area contributed by atoms with Crippen LogP contribution in [0.3, 0.4) is 0 Å². The summed E-state index contributed by atoms with van der Waals surface area (Å²) in [4.78, 5) is 11.9. The lowest BCUT2D eigenvalue weighted by molar-refractivity contribution is 0.240. The second kappa shape index (κ2) is 9.42. The molecule has 25 heavy (non-hydrogen) atoms. The van der Waals surface area contributed by atoms with Gasteiger partial charge in [-0.1, -0.05) is 18.2 Å². The molecule has 0 heterocycles. The van der Waals surface area contributed by atoms with E-state index in [1.54, 1.807) is 21.3 Å². The molecule has 2 aromatic carbocycles. The Kier molecular flexibility index (Phi) is 6.95. The number of amides is 2. The maximum Gasteiger partial charge on any atom is 0.315 e. The van der Waals surface area contributed by atoms with Crippen molar-refractivity contribution in [2.45, 2.75) is 13.0 Å². The van der Waals surface area contributed by atoms with E-state index in [0.29, 0.717) is 31.0 Å². The molecule has 6 heteroatoms. The van der Waals surface area contributed by atoms with Crippen LogP contribution in [0.1, 0.15) is 11.1 Å². The molecule has 0 saturated carbocycles. The van der Waals surface area contributed by atoms with Crippen molar-refractivity contribution in [2.75, 3.05) is 27.9 Å². The van der Waals surface area contributed by atoms with E-state index < -0.39 is 0 Å². The highest BCUT2D eigenvalue weighted by atomic mass is 16.5. The topological polar surface area (TPSA) is 68.8 Å². The molecule has 0 atom stereocenters. The van der Waals surface area contributed by atoms with Gasteiger partial charge in [0.25, 0.3) is 0 Å². The molecule has 0 aliphatic heterocycles. The Morgan fingerprint density at radius 2 is 1.52 bits per heavy atom. The van der Waals surface area contributed by atoms with Gasteiger partial charge in [0.2, 0.25) is 0 Å². The molecule has 0 aliphatic carbocycles. The van der Waals surface area contributed by atoms with Gasteiger partial charge in [-0.25, -0.2) is 4.79 Å². The van der Waals surface area contributed by atoms with E-state index in [1.807, 2.05) is 42.5 Å². The molecule has 2 amide bonds. The Morgan fingerprint density at radius 1 is 0.840 bits per heavy atom. The number of hydrogen-bond acceptors (Lipinski definition) is 4. The van der Waals surface area contributed by atoms with Crippen LogP contribution in [0.2, 0.25) is 0 Å². The number of methoxy groups -OCH3 is 3. The molecule has 0 spiro atoms. The summed E-state index contributed by atoms with van der Waals surface area (Å²) in [6, 6.07) is 13.1. The average Bonchev–Trinajstić information content (AvgIpc) is 2.66. The Morgan fingerprint density at radius 3 is 2.16 bits per heavy atom. The molecule has 0 aliphatic rings. The van der Waals surface area contributed by atoms with Crippen LogP contribution in [0.15, 0.2) is 42.5 Å². The van der Waals surface area contributed by atoms with Gasteiger partial charge in [-0.15, -0.1) is 0 Å². The maximum absolute atomic E-state index is 11.9. The zero-order valence-electron chi connectivity index (χ0n) is 14.8. The van der Waals surface area contributed by atoms with Gasteiger partial charge < -0.3 is 24.8 Å². The van der Waals surface area contributed by atoms with Gasteiger partial charge >= 0.3 is 6.03 Å². The van der Waals surface area contributed by atoms with Crippen molar-refractivity contribution in [1.29, 1.82) is 0 Å². The Hall–Kier alpha value is -2.89. The van der Waals surface area contributed by atoms with E-state index in [1.165, 1.54) is 0 Å². The number of carbonyl (C=O) groups is 1. The van der Waals surface area contributed by atoms with Gasteiger partial charge in [0, 0.05) is 13.1 Å². The second-order valence-corrected chi connectivity index (χ2v) is 5.40. The summed E-state index contributed by atoms with van der Waals surface area (Å²) in [5.41, 5.74) is 2.07. The summed E-state index contributed by atoms with van der Waals surface area (Å²) < 4.78 is 15.6. The first-order valence-electron chi connectivity index (χ1n) is 8.01. The molecule has 2 N–H and O–H groups in total. The average molecular weight is 344 g/mol. The number of hydrogen-bond donors (Lipinski definition) is 2. The third-order valence-corrected chi connectivity index (χ3v) is 3.76. The zero-order valence-corrected chi connectivity index (χ0v) is 14.8. The highest BCUT2D eigenvalue weighted by molar-refractivity contribution is 5.73. The number of nitrogens with one attached hydrogen (secondary N) is 2. The lowest BCUT2D eigenvalue weighted by atomic mass is 10.1. The van der Waals surface area contributed by atoms with Crippen LogP contribution in [0.5, 0.6) is 17.2 Å². The van der Waals surface area contributed by atoms with E-state index >= 15 is 0 Å². The van der Waals surface area contributed by atoms with Crippen LogP contribution in [-0.2, 0) is 13.0 Å². The first kappa shape index (κ1) is 18.4. The molecule has 6 nitrogen and oxygen atoms in total. The zero-order chi connectivity index (χ0) is 18.1. The second-order valence-electron chi connectivity index (χ2n) is 5.40. The van der Waals surface area contributed by atoms with Gasteiger partial charge in [0.1, 0.15) is 5.75 Å². The first-order chi connectivity index (χ1) is 12.2. The molecule has 0 aromatic heterocycles. The van der Waals surface area contributed by atoms with Crippen molar-refractivity contribution in [3.05, 3.63) is 53.6 Å². The lowest BCUT2D eigenvalue weighted by Crippen LogP contribution is -2.36. The molecule has 0 fully saturated rings. The number of carbonyl (C=O) groups excluding carboxylic acids is 1. The van der Waals surface area contributed by atoms with Crippen LogP contribution in [-0.4, -0.2) is 33.9 Å². The first-order valence-corrected chi connectivity index (χ1v) is 8.01. The number of benzene rings is 2. The minimum Gasteiger partial charge on any atom is -0.497 e. The Bertz CT molecular complexity index is 686. The van der Waals surface area contributed by atoms with Crippen LogP contribution >= 0.6 is 0 Å². The summed E-state index contributed by atoms with van der Waals surface area (Å²) in [5, 5.41) is 5.67. The molecule has 134 valence electrons. The molecular formula is C19H24N2O4. The highest BCUT2D eigenvalue weighted by Gasteiger charge is 2.05. The van der Waals surface area contributed by atoms with Crippen LogP contribution in [0.4, 0.5) is 4.79 Å². The van der Waals surface area contributed by atoms with Gasteiger partial charge in [-0.3, -0.25) is 0 Å². The fourth-order valence-corrected chi connectivity index (χ4v) is 2.34. The van der Waals surface area contributed by atoms with Crippen LogP contribution in [0.25, 0.3) is 0 Å². The van der Waals surface area contributed by atoms with E-state index in [-0.39, 0.29) is 6.03 Å². The monoisotopic (exact) mass is 344 g/mol. The third kappa shape index (κ3) is 5.60. The quantitative estimate of drug-likeness (QED) is 0.773. The minimum atomic E-state index is -0.198. The minimum absolute atomic E-state index is 0.198. The number of rotatable bonds is 8. The number of urea groups is 1. The third-order valence-electron chi connectivity index (χ3n) is 3.76. The van der Waals surface area contributed by atoms with Gasteiger partial charge in [-0.05, 0) is 41.8 Å². The Labute approximate surface area is 148 Å². The van der Waals surface area contributed by atoms with Gasteiger partial charge in [0.15, 0.2) is 11.5 Å². The molecule has 0 radical (unpaired) electrons. The fraction of sp³-hybridized carbons (Fsp3) is 0.316. The summed E-state index contributed by atoms with van der Waals surface area (Å²) in [6.07, 6.45) is 0.705. The largest absolute Gasteiger partial charge is 0.497 e. The normalized spacial score (nSPS) is 10.0. The van der Waals surface area contributed by atoms with E-state index in [4.69, 9.17) is 14.2 Å². The highest BCUT2D eigenvalue weighted by Crippen LogP contribution is 2.27. The van der Waals surface area contributed by atoms with Crippen LogP contribution in [0, 0.1) is 0 Å². The van der Waals surface area contributed by atoms with E-state index in [2.05, 4.69) is 10.6 Å². The summed E-state index contributed by atoms with van der Waals surface area (Å²) in [7, 11) is 4.83. The lowest BCUT2D eigenvalue weighted by Gasteiger charge is -2.11. The maximum atomic E-state index is 11.9. The molecular weight excluding hydrogens is 320 g/mol. The number of ether oxygens (including phenoxy) is 3. The summed E-state index contributed by atoms with van der Waals surface area (Å²) in [6.45, 7) is 0.996. The summed E-state index contributed by atoms with van der Waals surface area (Å²) >= 11 is 0. The fourth-order valence-electron chi connectivity index (χ4n) is 2.34. The van der Waals surface area contributed by atoms with Crippen molar-refractivity contribution in [2.24, 2.45) is 0 Å². The smallest absolute Gasteiger partial charge is 0.315 e. The van der Waals surface area contributed by atoms with Gasteiger partial charge in [-0.2, -0.15) is 0 Å². The predicted octanol–water partition coefficient (Wildman–Crippen LogP) is 2.75. The van der Waals surface area contributed by atoms with Crippen molar-refractivity contribution in [1.82, 2.24) is 10.6 Å². The molecule has 2 rings (SSSR count). The van der Waals surface area contributed by atoms with Crippen molar-refractivity contribution >= 4 is 6.03 Å². The van der Waals surface area contributed by atoms with E-state index in [0.717, 1.165) is 16.9 Å². The molecule has 0 unspecified atom stereocenters. The molecule has 0 bridgehead atoms. The Balaban J connectivity index is 1.74. The van der Waals surface area contributed by atoms with Gasteiger partial charge in [0.05, 0.1) is 21.3 Å². The van der Waals surface area contributed by atoms with E-state index in [9.17, 15) is 4.79 Å².